The number of aryl methyl sites for hydroxylation is 1. The summed E-state index contributed by atoms with van der Waals surface area (Å²) < 4.78 is 18.9. The van der Waals surface area contributed by atoms with E-state index in [0.717, 1.165) is 5.56 Å². The summed E-state index contributed by atoms with van der Waals surface area (Å²) in [5.41, 5.74) is 4.04. The van der Waals surface area contributed by atoms with Crippen LogP contribution in [0.5, 0.6) is 0 Å². The van der Waals surface area contributed by atoms with Gasteiger partial charge in [0.1, 0.15) is 11.3 Å². The highest BCUT2D eigenvalue weighted by atomic mass is 19.1. The molecule has 0 aliphatic rings. The van der Waals surface area contributed by atoms with Crippen LogP contribution in [0.3, 0.4) is 0 Å². The predicted octanol–water partition coefficient (Wildman–Crippen LogP) is 5.19. The molecule has 5 heteroatoms. The fourth-order valence-corrected chi connectivity index (χ4v) is 2.78. The minimum Gasteiger partial charge on any atom is -0.436 e. The highest BCUT2D eigenvalue weighted by molar-refractivity contribution is 6.05. The van der Waals surface area contributed by atoms with Crippen molar-refractivity contribution in [3.05, 3.63) is 83.7 Å². The average Bonchev–Trinajstić information content (AvgIpc) is 3.08. The lowest BCUT2D eigenvalue weighted by atomic mass is 10.1. The Balaban J connectivity index is 1.68. The third kappa shape index (κ3) is 3.07. The quantitative estimate of drug-likeness (QED) is 0.555. The van der Waals surface area contributed by atoms with Crippen LogP contribution in [0.15, 0.2) is 71.1 Å². The second-order valence-corrected chi connectivity index (χ2v) is 5.99. The summed E-state index contributed by atoms with van der Waals surface area (Å²) in [4.78, 5) is 16.8. The molecule has 128 valence electrons. The van der Waals surface area contributed by atoms with Crippen LogP contribution in [0.1, 0.15) is 15.9 Å². The van der Waals surface area contributed by atoms with Gasteiger partial charge in [0, 0.05) is 16.8 Å². The van der Waals surface area contributed by atoms with Crippen LogP contribution in [0.2, 0.25) is 0 Å². The van der Waals surface area contributed by atoms with Crippen molar-refractivity contribution in [2.24, 2.45) is 0 Å². The Morgan fingerprint density at radius 3 is 2.50 bits per heavy atom. The van der Waals surface area contributed by atoms with Crippen molar-refractivity contribution in [2.75, 3.05) is 5.32 Å². The third-order valence-electron chi connectivity index (χ3n) is 4.06. The first-order chi connectivity index (χ1) is 12.6. The van der Waals surface area contributed by atoms with Crippen LogP contribution in [0, 0.1) is 12.7 Å². The van der Waals surface area contributed by atoms with Crippen molar-refractivity contribution in [1.29, 1.82) is 0 Å². The zero-order valence-electron chi connectivity index (χ0n) is 14.0. The maximum Gasteiger partial charge on any atom is 0.255 e. The normalized spacial score (nSPS) is 10.8. The monoisotopic (exact) mass is 346 g/mol. The largest absolute Gasteiger partial charge is 0.436 e. The molecule has 26 heavy (non-hydrogen) atoms. The molecule has 4 rings (SSSR count). The van der Waals surface area contributed by atoms with E-state index < -0.39 is 0 Å². The number of carbonyl (C=O) groups excluding carboxylic acids is 1. The minimum atomic E-state index is -0.313. The van der Waals surface area contributed by atoms with Gasteiger partial charge in [-0.15, -0.1) is 0 Å². The van der Waals surface area contributed by atoms with Gasteiger partial charge in [-0.05, 0) is 61.0 Å². The summed E-state index contributed by atoms with van der Waals surface area (Å²) in [5, 5.41) is 2.88. The van der Waals surface area contributed by atoms with Gasteiger partial charge in [-0.3, -0.25) is 4.79 Å². The molecule has 4 aromatic rings. The number of aromatic nitrogens is 1. The summed E-state index contributed by atoms with van der Waals surface area (Å²) in [5.74, 6) is -0.0896. The summed E-state index contributed by atoms with van der Waals surface area (Å²) in [6, 6.07) is 18.6. The SMILES string of the molecule is Cc1cc(NC(=O)c2ccccc2)cc2nc(-c3ccc(F)cc3)oc12. The highest BCUT2D eigenvalue weighted by Gasteiger charge is 2.13. The lowest BCUT2D eigenvalue weighted by molar-refractivity contribution is 0.102. The molecule has 0 aliphatic carbocycles. The number of fused-ring (bicyclic) bond motifs is 1. The van der Waals surface area contributed by atoms with Crippen LogP contribution < -0.4 is 5.32 Å². The summed E-state index contributed by atoms with van der Waals surface area (Å²) in [6.07, 6.45) is 0. The number of amides is 1. The van der Waals surface area contributed by atoms with Crippen molar-refractivity contribution in [3.63, 3.8) is 0 Å². The smallest absolute Gasteiger partial charge is 0.255 e. The van der Waals surface area contributed by atoms with Gasteiger partial charge < -0.3 is 9.73 Å². The molecular weight excluding hydrogens is 331 g/mol. The Labute approximate surface area is 149 Å². The van der Waals surface area contributed by atoms with E-state index in [4.69, 9.17) is 4.42 Å². The van der Waals surface area contributed by atoms with E-state index in [9.17, 15) is 9.18 Å². The molecule has 0 unspecified atom stereocenters. The molecule has 0 spiro atoms. The first-order valence-electron chi connectivity index (χ1n) is 8.14. The first-order valence-corrected chi connectivity index (χ1v) is 8.14. The number of hydrogen-bond donors (Lipinski definition) is 1. The first kappa shape index (κ1) is 16.0. The third-order valence-corrected chi connectivity index (χ3v) is 4.06. The molecule has 1 N–H and O–H groups in total. The van der Waals surface area contributed by atoms with Crippen LogP contribution in [-0.4, -0.2) is 10.9 Å². The molecule has 0 aliphatic heterocycles. The van der Waals surface area contributed by atoms with E-state index in [1.807, 2.05) is 31.2 Å². The summed E-state index contributed by atoms with van der Waals surface area (Å²) >= 11 is 0. The molecule has 0 fully saturated rings. The van der Waals surface area contributed by atoms with E-state index in [1.165, 1.54) is 12.1 Å². The van der Waals surface area contributed by atoms with Gasteiger partial charge in [-0.25, -0.2) is 9.37 Å². The number of nitrogens with one attached hydrogen (secondary N) is 1. The number of oxazole rings is 1. The molecule has 1 aromatic heterocycles. The van der Waals surface area contributed by atoms with E-state index in [0.29, 0.717) is 33.8 Å². The second-order valence-electron chi connectivity index (χ2n) is 5.99. The number of nitrogens with zero attached hydrogens (tertiary/aromatic N) is 1. The Hall–Kier alpha value is -3.47. The van der Waals surface area contributed by atoms with Crippen molar-refractivity contribution < 1.29 is 13.6 Å². The van der Waals surface area contributed by atoms with E-state index >= 15 is 0 Å². The number of benzene rings is 3. The van der Waals surface area contributed by atoms with Crippen molar-refractivity contribution >= 4 is 22.7 Å². The number of rotatable bonds is 3. The van der Waals surface area contributed by atoms with Crippen molar-refractivity contribution in [2.45, 2.75) is 6.92 Å². The highest BCUT2D eigenvalue weighted by Crippen LogP contribution is 2.29. The Morgan fingerprint density at radius 1 is 1.04 bits per heavy atom. The predicted molar refractivity (Wildman–Crippen MR) is 98.5 cm³/mol. The Bertz CT molecular complexity index is 1090. The molecule has 3 aromatic carbocycles. The van der Waals surface area contributed by atoms with E-state index in [-0.39, 0.29) is 11.7 Å². The number of anilines is 1. The zero-order chi connectivity index (χ0) is 18.1. The molecule has 0 saturated heterocycles. The van der Waals surface area contributed by atoms with Crippen molar-refractivity contribution in [1.82, 2.24) is 4.98 Å². The topological polar surface area (TPSA) is 55.1 Å². The van der Waals surface area contributed by atoms with Gasteiger partial charge in [0.2, 0.25) is 5.89 Å². The fraction of sp³-hybridized carbons (Fsp3) is 0.0476. The van der Waals surface area contributed by atoms with Crippen LogP contribution >= 0.6 is 0 Å². The molecule has 0 bridgehead atoms. The number of halogens is 1. The van der Waals surface area contributed by atoms with Gasteiger partial charge in [0.25, 0.3) is 5.91 Å². The zero-order valence-corrected chi connectivity index (χ0v) is 14.0. The second kappa shape index (κ2) is 6.44. The van der Waals surface area contributed by atoms with Gasteiger partial charge in [0.05, 0.1) is 0 Å². The van der Waals surface area contributed by atoms with E-state index in [2.05, 4.69) is 10.3 Å². The maximum absolute atomic E-state index is 13.1. The molecular formula is C21H15FN2O2. The summed E-state index contributed by atoms with van der Waals surface area (Å²) in [6.45, 7) is 1.89. The molecule has 0 atom stereocenters. The number of hydrogen-bond acceptors (Lipinski definition) is 3. The summed E-state index contributed by atoms with van der Waals surface area (Å²) in [7, 11) is 0. The molecule has 4 nitrogen and oxygen atoms in total. The molecule has 1 amide bonds. The van der Waals surface area contributed by atoms with Crippen LogP contribution in [-0.2, 0) is 0 Å². The maximum atomic E-state index is 13.1. The number of carbonyl (C=O) groups is 1. The van der Waals surface area contributed by atoms with E-state index in [1.54, 1.807) is 30.3 Å². The van der Waals surface area contributed by atoms with Crippen LogP contribution in [0.25, 0.3) is 22.6 Å². The van der Waals surface area contributed by atoms with Gasteiger partial charge in [-0.2, -0.15) is 0 Å². The molecule has 0 saturated carbocycles. The molecule has 0 radical (unpaired) electrons. The minimum absolute atomic E-state index is 0.188. The van der Waals surface area contributed by atoms with Gasteiger partial charge >= 0.3 is 0 Å². The fourth-order valence-electron chi connectivity index (χ4n) is 2.78. The standard InChI is InChI=1S/C21H15FN2O2/c1-13-11-17(23-20(25)14-5-3-2-4-6-14)12-18-19(13)26-21(24-18)15-7-9-16(22)10-8-15/h2-12H,1H3,(H,23,25). The van der Waals surface area contributed by atoms with Crippen molar-refractivity contribution in [3.8, 4) is 11.5 Å². The van der Waals surface area contributed by atoms with Gasteiger partial charge in [0.15, 0.2) is 5.58 Å². The average molecular weight is 346 g/mol. The van der Waals surface area contributed by atoms with Crippen LogP contribution in [0.4, 0.5) is 10.1 Å². The Kier molecular flexibility index (Phi) is 3.97. The lowest BCUT2D eigenvalue weighted by Crippen LogP contribution is -2.11. The van der Waals surface area contributed by atoms with Gasteiger partial charge in [-0.1, -0.05) is 18.2 Å². The lowest BCUT2D eigenvalue weighted by Gasteiger charge is -2.06. The Morgan fingerprint density at radius 2 is 1.77 bits per heavy atom. The molecule has 1 heterocycles.